The van der Waals surface area contributed by atoms with Gasteiger partial charge in [-0.15, -0.1) is 0 Å². The number of nitrogens with two attached hydrogens (primary N) is 2. The standard InChI is InChI=1S/C21H35N7O7/c1-4-10(2)16(19(32)26-14(21(34)35)7-12-8-24-9-25-12)27-20(33)17(11(3)29)28-18(31)13(22)5-6-15(23)30/h8-11,13-14,16-17,29H,4-7,22H2,1-3H3,(H2,23,30)(H,24,25)(H,26,32)(H,27,33)(H,28,31)(H,34,35). The number of H-pyrrole nitrogens is 1. The SMILES string of the molecule is CCC(C)C(NC(=O)C(NC(=O)C(N)CCC(N)=O)C(C)O)C(=O)NC(Cc1cnc[nH]1)C(=O)O. The Labute approximate surface area is 202 Å². The second-order valence-electron chi connectivity index (χ2n) is 8.39. The minimum atomic E-state index is -1.46. The van der Waals surface area contributed by atoms with Gasteiger partial charge in [-0.1, -0.05) is 20.3 Å². The highest BCUT2D eigenvalue weighted by molar-refractivity contribution is 5.94. The predicted octanol–water partition coefficient (Wildman–Crippen LogP) is -2.49. The van der Waals surface area contributed by atoms with E-state index >= 15 is 0 Å². The molecule has 0 spiro atoms. The monoisotopic (exact) mass is 497 g/mol. The van der Waals surface area contributed by atoms with Crippen LogP contribution in [0.1, 0.15) is 45.7 Å². The molecule has 1 aromatic heterocycles. The molecule has 14 nitrogen and oxygen atoms in total. The highest BCUT2D eigenvalue weighted by atomic mass is 16.4. The number of rotatable bonds is 15. The van der Waals surface area contributed by atoms with Gasteiger partial charge in [-0.3, -0.25) is 19.2 Å². The fourth-order valence-electron chi connectivity index (χ4n) is 3.12. The Morgan fingerprint density at radius 2 is 1.66 bits per heavy atom. The van der Waals surface area contributed by atoms with E-state index in [1.165, 1.54) is 19.4 Å². The Morgan fingerprint density at radius 3 is 2.14 bits per heavy atom. The lowest BCUT2D eigenvalue weighted by Crippen LogP contribution is -2.61. The van der Waals surface area contributed by atoms with Crippen LogP contribution in [0, 0.1) is 5.92 Å². The summed E-state index contributed by atoms with van der Waals surface area (Å²) >= 11 is 0. The van der Waals surface area contributed by atoms with E-state index in [4.69, 9.17) is 11.5 Å². The molecule has 6 atom stereocenters. The van der Waals surface area contributed by atoms with Crippen LogP contribution in [0.4, 0.5) is 0 Å². The van der Waals surface area contributed by atoms with Crippen molar-refractivity contribution < 1.29 is 34.2 Å². The number of carboxylic acids is 1. The number of imidazole rings is 1. The van der Waals surface area contributed by atoms with Gasteiger partial charge in [-0.25, -0.2) is 9.78 Å². The number of aromatic amines is 1. The molecule has 1 heterocycles. The summed E-state index contributed by atoms with van der Waals surface area (Å²) in [5.74, 6) is -4.73. The summed E-state index contributed by atoms with van der Waals surface area (Å²) in [6.45, 7) is 4.73. The highest BCUT2D eigenvalue weighted by Crippen LogP contribution is 2.10. The van der Waals surface area contributed by atoms with Crippen LogP contribution in [-0.2, 0) is 30.4 Å². The van der Waals surface area contributed by atoms with Crippen LogP contribution in [-0.4, -0.2) is 80.1 Å². The van der Waals surface area contributed by atoms with Crippen LogP contribution in [0.3, 0.4) is 0 Å². The normalized spacial score (nSPS) is 16.1. The average molecular weight is 498 g/mol. The lowest BCUT2D eigenvalue weighted by molar-refractivity contribution is -0.142. The van der Waals surface area contributed by atoms with E-state index in [2.05, 4.69) is 25.9 Å². The second-order valence-corrected chi connectivity index (χ2v) is 8.39. The molecule has 0 aliphatic carbocycles. The molecule has 10 N–H and O–H groups in total. The molecule has 1 rings (SSSR count). The first-order valence-corrected chi connectivity index (χ1v) is 11.2. The molecule has 0 radical (unpaired) electrons. The van der Waals surface area contributed by atoms with Crippen molar-refractivity contribution in [2.24, 2.45) is 17.4 Å². The van der Waals surface area contributed by atoms with Crippen molar-refractivity contribution in [3.05, 3.63) is 18.2 Å². The van der Waals surface area contributed by atoms with Gasteiger partial charge < -0.3 is 42.6 Å². The Morgan fingerprint density at radius 1 is 1.06 bits per heavy atom. The maximum atomic E-state index is 13.0. The number of nitrogens with zero attached hydrogens (tertiary/aromatic N) is 1. The van der Waals surface area contributed by atoms with Crippen molar-refractivity contribution in [3.63, 3.8) is 0 Å². The topological polar surface area (TPSA) is 243 Å². The van der Waals surface area contributed by atoms with Crippen molar-refractivity contribution in [3.8, 4) is 0 Å². The molecule has 0 fully saturated rings. The summed E-state index contributed by atoms with van der Waals surface area (Å²) in [6, 6.07) is -5.05. The summed E-state index contributed by atoms with van der Waals surface area (Å²) in [6.07, 6.45) is 1.66. The molecule has 0 aliphatic heterocycles. The van der Waals surface area contributed by atoms with Gasteiger partial charge in [0.15, 0.2) is 0 Å². The average Bonchev–Trinajstić information content (AvgIpc) is 3.30. The summed E-state index contributed by atoms with van der Waals surface area (Å²) < 4.78 is 0. The van der Waals surface area contributed by atoms with E-state index in [-0.39, 0.29) is 19.3 Å². The smallest absolute Gasteiger partial charge is 0.326 e. The third kappa shape index (κ3) is 9.70. The van der Waals surface area contributed by atoms with Gasteiger partial charge in [0.05, 0.1) is 18.5 Å². The number of carbonyl (C=O) groups is 5. The van der Waals surface area contributed by atoms with Crippen molar-refractivity contribution in [2.45, 2.75) is 76.7 Å². The number of hydrogen-bond donors (Lipinski definition) is 8. The van der Waals surface area contributed by atoms with Gasteiger partial charge in [0, 0.05) is 24.7 Å². The number of nitrogens with one attached hydrogen (secondary N) is 4. The summed E-state index contributed by atoms with van der Waals surface area (Å²) in [4.78, 5) is 67.3. The Kier molecular flexibility index (Phi) is 11.8. The van der Waals surface area contributed by atoms with E-state index in [0.29, 0.717) is 12.1 Å². The lowest BCUT2D eigenvalue weighted by Gasteiger charge is -2.29. The molecule has 0 bridgehead atoms. The molecule has 35 heavy (non-hydrogen) atoms. The fraction of sp³-hybridized carbons (Fsp3) is 0.619. The zero-order valence-electron chi connectivity index (χ0n) is 20.0. The largest absolute Gasteiger partial charge is 0.480 e. The summed E-state index contributed by atoms with van der Waals surface area (Å²) in [7, 11) is 0. The fourth-order valence-corrected chi connectivity index (χ4v) is 3.12. The first kappa shape index (κ1) is 29.5. The number of aliphatic hydroxyl groups excluding tert-OH is 1. The summed E-state index contributed by atoms with van der Waals surface area (Å²) in [5, 5.41) is 26.8. The van der Waals surface area contributed by atoms with Crippen molar-refractivity contribution >= 4 is 29.6 Å². The molecular formula is C21H35N7O7. The van der Waals surface area contributed by atoms with Gasteiger partial charge in [0.2, 0.25) is 23.6 Å². The van der Waals surface area contributed by atoms with Crippen molar-refractivity contribution in [1.29, 1.82) is 0 Å². The second kappa shape index (κ2) is 14.0. The van der Waals surface area contributed by atoms with E-state index in [0.717, 1.165) is 0 Å². The first-order chi connectivity index (χ1) is 16.4. The van der Waals surface area contributed by atoms with E-state index < -0.39 is 65.8 Å². The highest BCUT2D eigenvalue weighted by Gasteiger charge is 2.34. The molecular weight excluding hydrogens is 462 g/mol. The number of primary amides is 1. The third-order valence-corrected chi connectivity index (χ3v) is 5.49. The molecule has 14 heteroatoms. The maximum Gasteiger partial charge on any atom is 0.326 e. The van der Waals surface area contributed by atoms with Crippen LogP contribution in [0.15, 0.2) is 12.5 Å². The van der Waals surface area contributed by atoms with Crippen molar-refractivity contribution in [1.82, 2.24) is 25.9 Å². The van der Waals surface area contributed by atoms with E-state index in [1.807, 2.05) is 0 Å². The molecule has 196 valence electrons. The van der Waals surface area contributed by atoms with Crippen LogP contribution in [0.2, 0.25) is 0 Å². The molecule has 1 aromatic rings. The molecule has 0 aromatic carbocycles. The van der Waals surface area contributed by atoms with Gasteiger partial charge >= 0.3 is 5.97 Å². The summed E-state index contributed by atoms with van der Waals surface area (Å²) in [5.41, 5.74) is 11.2. The molecule has 6 unspecified atom stereocenters. The van der Waals surface area contributed by atoms with Crippen LogP contribution < -0.4 is 27.4 Å². The van der Waals surface area contributed by atoms with Gasteiger partial charge in [-0.05, 0) is 19.3 Å². The third-order valence-electron chi connectivity index (χ3n) is 5.49. The molecule has 0 saturated heterocycles. The quantitative estimate of drug-likeness (QED) is 0.128. The van der Waals surface area contributed by atoms with Crippen LogP contribution in [0.25, 0.3) is 0 Å². The number of amides is 4. The van der Waals surface area contributed by atoms with Crippen LogP contribution in [0.5, 0.6) is 0 Å². The molecule has 0 aliphatic rings. The van der Waals surface area contributed by atoms with Gasteiger partial charge in [0.1, 0.15) is 18.1 Å². The van der Waals surface area contributed by atoms with E-state index in [9.17, 15) is 34.2 Å². The zero-order valence-corrected chi connectivity index (χ0v) is 20.0. The Balaban J connectivity index is 2.94. The number of carboxylic acid groups (broad SMARTS) is 1. The lowest BCUT2D eigenvalue weighted by atomic mass is 9.96. The number of aliphatic hydroxyl groups is 1. The first-order valence-electron chi connectivity index (χ1n) is 11.2. The number of carbonyl (C=O) groups excluding carboxylic acids is 4. The predicted molar refractivity (Wildman–Crippen MR) is 123 cm³/mol. The maximum absolute atomic E-state index is 13.0. The minimum absolute atomic E-state index is 0.0554. The Hall–Kier alpha value is -3.52. The number of hydrogen-bond acceptors (Lipinski definition) is 8. The minimum Gasteiger partial charge on any atom is -0.480 e. The zero-order chi connectivity index (χ0) is 26.7. The molecule has 0 saturated carbocycles. The molecule has 4 amide bonds. The van der Waals surface area contributed by atoms with Gasteiger partial charge in [-0.2, -0.15) is 0 Å². The van der Waals surface area contributed by atoms with Gasteiger partial charge in [0.25, 0.3) is 0 Å². The number of aromatic nitrogens is 2. The van der Waals surface area contributed by atoms with Crippen molar-refractivity contribution in [2.75, 3.05) is 0 Å². The van der Waals surface area contributed by atoms with Crippen LogP contribution >= 0.6 is 0 Å². The number of aliphatic carboxylic acids is 1. The Bertz CT molecular complexity index is 875. The van der Waals surface area contributed by atoms with E-state index in [1.54, 1.807) is 13.8 Å².